The average Bonchev–Trinajstić information content (AvgIpc) is 2.15. The van der Waals surface area contributed by atoms with Crippen LogP contribution < -0.4 is 5.32 Å². The van der Waals surface area contributed by atoms with Crippen LogP contribution in [0.1, 0.15) is 26.2 Å². The summed E-state index contributed by atoms with van der Waals surface area (Å²) in [5, 5.41) is 12.5. The Morgan fingerprint density at radius 1 is 1.46 bits per heavy atom. The first kappa shape index (κ1) is 11.0. The van der Waals surface area contributed by atoms with Gasteiger partial charge in [0.15, 0.2) is 0 Å². The second kappa shape index (κ2) is 5.58. The Balaban J connectivity index is 2.10. The molecule has 3 heteroatoms. The molecule has 78 valence electrons. The van der Waals surface area contributed by atoms with E-state index >= 15 is 0 Å². The molecule has 2 N–H and O–H groups in total. The van der Waals surface area contributed by atoms with Crippen LogP contribution in [0.2, 0.25) is 0 Å². The van der Waals surface area contributed by atoms with E-state index in [9.17, 15) is 0 Å². The molecule has 1 atom stereocenters. The van der Waals surface area contributed by atoms with Crippen molar-refractivity contribution in [3.8, 4) is 0 Å². The van der Waals surface area contributed by atoms with Crippen molar-refractivity contribution >= 4 is 0 Å². The monoisotopic (exact) mass is 186 g/mol. The van der Waals surface area contributed by atoms with E-state index in [4.69, 9.17) is 5.11 Å². The Labute approximate surface area is 81.1 Å². The van der Waals surface area contributed by atoms with Crippen LogP contribution >= 0.6 is 0 Å². The minimum absolute atomic E-state index is 0.151. The normalized spacial score (nSPS) is 23.3. The van der Waals surface area contributed by atoms with Crippen LogP contribution in [-0.2, 0) is 0 Å². The minimum atomic E-state index is -0.151. The molecule has 0 amide bonds. The Kier molecular flexibility index (Phi) is 4.70. The summed E-state index contributed by atoms with van der Waals surface area (Å²) in [6.45, 7) is 5.27. The van der Waals surface area contributed by atoms with Crippen molar-refractivity contribution in [2.75, 3.05) is 26.7 Å². The van der Waals surface area contributed by atoms with Crippen LogP contribution in [0, 0.1) is 0 Å². The molecular weight excluding hydrogens is 164 g/mol. The lowest BCUT2D eigenvalue weighted by atomic mass is 10.1. The maximum atomic E-state index is 9.14. The van der Waals surface area contributed by atoms with Crippen molar-refractivity contribution in [1.29, 1.82) is 0 Å². The number of hydrogen-bond acceptors (Lipinski definition) is 3. The van der Waals surface area contributed by atoms with Crippen LogP contribution in [-0.4, -0.2) is 48.8 Å². The molecule has 0 radical (unpaired) electrons. The van der Waals surface area contributed by atoms with Gasteiger partial charge < -0.3 is 15.3 Å². The van der Waals surface area contributed by atoms with Crippen molar-refractivity contribution < 1.29 is 5.11 Å². The summed E-state index contributed by atoms with van der Waals surface area (Å²) in [6.07, 6.45) is 3.25. The third-order valence-corrected chi connectivity index (χ3v) is 2.86. The number of rotatable bonds is 4. The maximum absolute atomic E-state index is 9.14. The van der Waals surface area contributed by atoms with Crippen LogP contribution in [0.15, 0.2) is 0 Å². The SMILES string of the molecule is CNC1CCN(CCC(C)O)CC1. The van der Waals surface area contributed by atoms with Gasteiger partial charge in [-0.1, -0.05) is 0 Å². The lowest BCUT2D eigenvalue weighted by Crippen LogP contribution is -2.41. The van der Waals surface area contributed by atoms with E-state index in [2.05, 4.69) is 10.2 Å². The lowest BCUT2D eigenvalue weighted by Gasteiger charge is -2.31. The van der Waals surface area contributed by atoms with Crippen LogP contribution in [0.4, 0.5) is 0 Å². The summed E-state index contributed by atoms with van der Waals surface area (Å²) in [5.41, 5.74) is 0. The van der Waals surface area contributed by atoms with Gasteiger partial charge in [-0.3, -0.25) is 0 Å². The average molecular weight is 186 g/mol. The van der Waals surface area contributed by atoms with Gasteiger partial charge in [-0.05, 0) is 46.3 Å². The van der Waals surface area contributed by atoms with E-state index in [-0.39, 0.29) is 6.10 Å². The predicted molar refractivity (Wildman–Crippen MR) is 54.8 cm³/mol. The van der Waals surface area contributed by atoms with Crippen molar-refractivity contribution in [1.82, 2.24) is 10.2 Å². The van der Waals surface area contributed by atoms with E-state index in [1.165, 1.54) is 25.9 Å². The van der Waals surface area contributed by atoms with Gasteiger partial charge in [0.25, 0.3) is 0 Å². The van der Waals surface area contributed by atoms with E-state index in [0.29, 0.717) is 6.04 Å². The quantitative estimate of drug-likeness (QED) is 0.669. The second-order valence-corrected chi connectivity index (χ2v) is 4.04. The molecule has 13 heavy (non-hydrogen) atoms. The van der Waals surface area contributed by atoms with E-state index < -0.39 is 0 Å². The lowest BCUT2D eigenvalue weighted by molar-refractivity contribution is 0.139. The van der Waals surface area contributed by atoms with Crippen LogP contribution in [0.3, 0.4) is 0 Å². The maximum Gasteiger partial charge on any atom is 0.0524 e. The summed E-state index contributed by atoms with van der Waals surface area (Å²) >= 11 is 0. The van der Waals surface area contributed by atoms with Gasteiger partial charge in [-0.15, -0.1) is 0 Å². The molecule has 0 bridgehead atoms. The van der Waals surface area contributed by atoms with Gasteiger partial charge in [-0.2, -0.15) is 0 Å². The van der Waals surface area contributed by atoms with E-state index in [0.717, 1.165) is 13.0 Å². The number of hydrogen-bond donors (Lipinski definition) is 2. The number of nitrogens with zero attached hydrogens (tertiary/aromatic N) is 1. The molecule has 0 aromatic carbocycles. The highest BCUT2D eigenvalue weighted by molar-refractivity contribution is 4.75. The standard InChI is InChI=1S/C10H22N2O/c1-9(13)3-6-12-7-4-10(11-2)5-8-12/h9-11,13H,3-8H2,1-2H3. The van der Waals surface area contributed by atoms with Crippen LogP contribution in [0.25, 0.3) is 0 Å². The highest BCUT2D eigenvalue weighted by Crippen LogP contribution is 2.10. The predicted octanol–water partition coefficient (Wildman–Crippen LogP) is 0.441. The molecule has 0 aromatic rings. The molecular formula is C10H22N2O. The highest BCUT2D eigenvalue weighted by Gasteiger charge is 2.17. The first-order valence-electron chi connectivity index (χ1n) is 5.30. The molecule has 3 nitrogen and oxygen atoms in total. The van der Waals surface area contributed by atoms with Gasteiger partial charge in [0, 0.05) is 12.6 Å². The van der Waals surface area contributed by atoms with Crippen molar-refractivity contribution in [3.63, 3.8) is 0 Å². The third-order valence-electron chi connectivity index (χ3n) is 2.86. The molecule has 1 unspecified atom stereocenters. The van der Waals surface area contributed by atoms with Crippen molar-refractivity contribution in [3.05, 3.63) is 0 Å². The molecule has 1 aliphatic heterocycles. The number of piperidine rings is 1. The molecule has 1 fully saturated rings. The molecule has 0 saturated carbocycles. The van der Waals surface area contributed by atoms with Gasteiger partial charge in [0.2, 0.25) is 0 Å². The fourth-order valence-electron chi connectivity index (χ4n) is 1.81. The minimum Gasteiger partial charge on any atom is -0.393 e. The number of nitrogens with one attached hydrogen (secondary N) is 1. The Hall–Kier alpha value is -0.120. The first-order valence-corrected chi connectivity index (χ1v) is 5.30. The number of likely N-dealkylation sites (tertiary alicyclic amines) is 1. The third kappa shape index (κ3) is 4.07. The summed E-state index contributed by atoms with van der Waals surface area (Å²) < 4.78 is 0. The zero-order valence-electron chi connectivity index (χ0n) is 8.79. The largest absolute Gasteiger partial charge is 0.393 e. The molecule has 0 spiro atoms. The Morgan fingerprint density at radius 2 is 2.08 bits per heavy atom. The summed E-state index contributed by atoms with van der Waals surface area (Å²) in [4.78, 5) is 2.45. The fraction of sp³-hybridized carbons (Fsp3) is 1.00. The van der Waals surface area contributed by atoms with Gasteiger partial charge in [0.1, 0.15) is 0 Å². The Morgan fingerprint density at radius 3 is 2.54 bits per heavy atom. The smallest absolute Gasteiger partial charge is 0.0524 e. The number of aliphatic hydroxyl groups is 1. The summed E-state index contributed by atoms with van der Waals surface area (Å²) in [6, 6.07) is 0.711. The van der Waals surface area contributed by atoms with Crippen molar-refractivity contribution in [2.45, 2.75) is 38.3 Å². The molecule has 1 saturated heterocycles. The summed E-state index contributed by atoms with van der Waals surface area (Å²) in [7, 11) is 2.04. The zero-order valence-corrected chi connectivity index (χ0v) is 8.79. The van der Waals surface area contributed by atoms with E-state index in [1.807, 2.05) is 14.0 Å². The number of aliphatic hydroxyl groups excluding tert-OH is 1. The molecule has 1 aliphatic rings. The van der Waals surface area contributed by atoms with Gasteiger partial charge >= 0.3 is 0 Å². The summed E-state index contributed by atoms with van der Waals surface area (Å²) in [5.74, 6) is 0. The molecule has 1 rings (SSSR count). The molecule has 0 aromatic heterocycles. The second-order valence-electron chi connectivity index (χ2n) is 4.04. The molecule has 0 aliphatic carbocycles. The van der Waals surface area contributed by atoms with Gasteiger partial charge in [-0.25, -0.2) is 0 Å². The highest BCUT2D eigenvalue weighted by atomic mass is 16.3. The van der Waals surface area contributed by atoms with Crippen LogP contribution in [0.5, 0.6) is 0 Å². The Bertz CT molecular complexity index is 131. The molecule has 1 heterocycles. The van der Waals surface area contributed by atoms with E-state index in [1.54, 1.807) is 0 Å². The first-order chi connectivity index (χ1) is 6.22. The fourth-order valence-corrected chi connectivity index (χ4v) is 1.81. The topological polar surface area (TPSA) is 35.5 Å². The van der Waals surface area contributed by atoms with Crippen molar-refractivity contribution in [2.24, 2.45) is 0 Å². The van der Waals surface area contributed by atoms with Gasteiger partial charge in [0.05, 0.1) is 6.10 Å². The zero-order chi connectivity index (χ0) is 9.68.